The van der Waals surface area contributed by atoms with Gasteiger partial charge in [0.15, 0.2) is 0 Å². The number of Topliss-reactive ketones (excluding diaryl/α,β-unsaturated/α-hetero) is 1. The Morgan fingerprint density at radius 3 is 2.71 bits per heavy atom. The number of ketones is 1. The average molecular weight is 471 g/mol. The highest BCUT2D eigenvalue weighted by Crippen LogP contribution is 2.47. The van der Waals surface area contributed by atoms with Gasteiger partial charge in [-0.25, -0.2) is 0 Å². The lowest BCUT2D eigenvalue weighted by molar-refractivity contribution is -0.822. The highest BCUT2D eigenvalue weighted by Gasteiger charge is 2.67. The van der Waals surface area contributed by atoms with Crippen molar-refractivity contribution in [3.8, 4) is 0 Å². The molecule has 170 valence electrons. The highest BCUT2D eigenvalue weighted by molar-refractivity contribution is 6.65. The van der Waals surface area contributed by atoms with Crippen molar-refractivity contribution in [3.05, 3.63) is 33.8 Å². The minimum Gasteiger partial charge on any atom is -0.611 e. The zero-order chi connectivity index (χ0) is 23.0. The van der Waals surface area contributed by atoms with Crippen LogP contribution in [0.4, 0.5) is 0 Å². The number of nitrogens with zero attached hydrogens (tertiary/aromatic N) is 1. The molecule has 2 aliphatic rings. The van der Waals surface area contributed by atoms with E-state index in [1.807, 2.05) is 14.0 Å². The summed E-state index contributed by atoms with van der Waals surface area (Å²) in [6, 6.07) is 4.68. The fourth-order valence-corrected chi connectivity index (χ4v) is 5.32. The fraction of sp³-hybridized carbons (Fsp3) is 0.571. The molecule has 0 spiro atoms. The molecule has 31 heavy (non-hydrogen) atoms. The summed E-state index contributed by atoms with van der Waals surface area (Å²) in [5, 5.41) is 3.26. The topological polar surface area (TPSA) is 81.7 Å². The molecule has 1 N–H and O–H groups in total. The van der Waals surface area contributed by atoms with Crippen molar-refractivity contribution < 1.29 is 28.1 Å². The van der Waals surface area contributed by atoms with E-state index in [4.69, 9.17) is 32.5 Å². The molecule has 2 heterocycles. The van der Waals surface area contributed by atoms with E-state index < -0.39 is 12.6 Å². The van der Waals surface area contributed by atoms with Crippen molar-refractivity contribution >= 4 is 47.5 Å². The fourth-order valence-electron chi connectivity index (χ4n) is 4.95. The van der Waals surface area contributed by atoms with Crippen LogP contribution in [-0.4, -0.2) is 61.5 Å². The van der Waals surface area contributed by atoms with Crippen molar-refractivity contribution in [2.24, 2.45) is 5.92 Å². The van der Waals surface area contributed by atoms with Crippen LogP contribution in [0.2, 0.25) is 15.9 Å². The normalized spacial score (nSPS) is 28.4. The van der Waals surface area contributed by atoms with Gasteiger partial charge in [-0.05, 0) is 43.3 Å². The highest BCUT2D eigenvalue weighted by atomic mass is 35.5. The Bertz CT molecular complexity index is 899. The lowest BCUT2D eigenvalue weighted by atomic mass is 9.51. The van der Waals surface area contributed by atoms with Crippen LogP contribution in [0.5, 0.6) is 0 Å². The van der Waals surface area contributed by atoms with E-state index in [1.54, 1.807) is 6.07 Å². The molecule has 2 fully saturated rings. The number of nitrogens with one attached hydrogen (secondary N) is 1. The summed E-state index contributed by atoms with van der Waals surface area (Å²) in [6.45, 7) is 4.73. The van der Waals surface area contributed by atoms with E-state index in [9.17, 15) is 14.4 Å². The number of halogens is 2. The largest absolute Gasteiger partial charge is 0.611 e. The number of rotatable bonds is 8. The van der Waals surface area contributed by atoms with Crippen molar-refractivity contribution in [2.75, 3.05) is 26.7 Å². The average Bonchev–Trinajstić information content (AvgIpc) is 3.09. The van der Waals surface area contributed by atoms with Crippen LogP contribution in [0.1, 0.15) is 44.0 Å². The van der Waals surface area contributed by atoms with E-state index in [2.05, 4.69) is 19.2 Å². The second kappa shape index (κ2) is 9.10. The summed E-state index contributed by atoms with van der Waals surface area (Å²) in [7, 11) is 1.98. The number of hydrogen-bond donors (Lipinski definition) is 1. The number of carbonyl (C=O) groups excluding carboxylic acids is 3. The first-order valence-corrected chi connectivity index (χ1v) is 11.3. The molecule has 3 rings (SSSR count). The van der Waals surface area contributed by atoms with Gasteiger partial charge < -0.3 is 19.0 Å². The molecule has 0 aromatic heterocycles. The van der Waals surface area contributed by atoms with E-state index in [-0.39, 0.29) is 59.6 Å². The first kappa shape index (κ1) is 24.0. The number of fused-ring (bicyclic) bond motifs is 1. The summed E-state index contributed by atoms with van der Waals surface area (Å²) in [5.41, 5.74) is 0.213. The maximum atomic E-state index is 12.9. The lowest BCUT2D eigenvalue weighted by Crippen LogP contribution is -2.65. The molecule has 1 aromatic rings. The van der Waals surface area contributed by atoms with Crippen molar-refractivity contribution in [1.82, 2.24) is 5.32 Å². The first-order chi connectivity index (χ1) is 14.5. The lowest BCUT2D eigenvalue weighted by Gasteiger charge is -2.48. The Morgan fingerprint density at radius 2 is 2.03 bits per heavy atom. The van der Waals surface area contributed by atoms with Crippen LogP contribution in [0.25, 0.3) is 0 Å². The van der Waals surface area contributed by atoms with Gasteiger partial charge in [-0.1, -0.05) is 43.5 Å². The second-order valence-electron chi connectivity index (χ2n) is 9.34. The van der Waals surface area contributed by atoms with Crippen molar-refractivity contribution in [1.29, 1.82) is 0 Å². The molecule has 0 radical (unpaired) electrons. The molecule has 1 amide bonds. The number of benzene rings is 1. The summed E-state index contributed by atoms with van der Waals surface area (Å²) in [4.78, 5) is 37.6. The minimum absolute atomic E-state index is 0.0980. The predicted molar refractivity (Wildman–Crippen MR) is 120 cm³/mol. The van der Waals surface area contributed by atoms with Gasteiger partial charge >= 0.3 is 12.7 Å². The zero-order valence-electron chi connectivity index (χ0n) is 18.3. The summed E-state index contributed by atoms with van der Waals surface area (Å²) in [5.74, 6) is -0.907. The molecule has 2 saturated heterocycles. The van der Waals surface area contributed by atoms with Crippen LogP contribution >= 0.6 is 23.2 Å². The minimum atomic E-state index is -2.00. The van der Waals surface area contributed by atoms with Crippen LogP contribution in [0, 0.1) is 5.92 Å². The molecule has 0 aliphatic carbocycles. The van der Waals surface area contributed by atoms with Crippen molar-refractivity contribution in [2.45, 2.75) is 45.5 Å². The molecule has 10 heteroatoms. The van der Waals surface area contributed by atoms with Crippen LogP contribution < -0.4 is 5.32 Å². The van der Waals surface area contributed by atoms with Gasteiger partial charge in [-0.2, -0.15) is 0 Å². The molecule has 4 atom stereocenters. The quantitative estimate of drug-likeness (QED) is 0.588. The molecular formula is C21H29BCl2N2O5. The molecular weight excluding hydrogens is 442 g/mol. The summed E-state index contributed by atoms with van der Waals surface area (Å²) < 4.78 is 12.4. The molecule has 7 nitrogen and oxygen atoms in total. The van der Waals surface area contributed by atoms with Gasteiger partial charge in [-0.3, -0.25) is 14.4 Å². The number of likely N-dealkylation sites (N-methyl/N-ethyl adjacent to an activating group) is 1. The number of carbonyl (C=O) groups is 3. The second-order valence-corrected chi connectivity index (χ2v) is 10.2. The molecule has 0 bridgehead atoms. The third kappa shape index (κ3) is 4.63. The van der Waals surface area contributed by atoms with E-state index in [1.165, 1.54) is 12.1 Å². The Hall–Kier alpha value is -1.61. The van der Waals surface area contributed by atoms with Crippen LogP contribution in [-0.2, 0) is 18.9 Å². The molecule has 1 aromatic carbocycles. The van der Waals surface area contributed by atoms with E-state index >= 15 is 0 Å². The maximum Gasteiger partial charge on any atom is 0.531 e. The van der Waals surface area contributed by atoms with Crippen molar-refractivity contribution in [3.63, 3.8) is 0 Å². The van der Waals surface area contributed by atoms with E-state index in [0.29, 0.717) is 22.4 Å². The molecule has 2 unspecified atom stereocenters. The van der Waals surface area contributed by atoms with E-state index in [0.717, 1.165) is 0 Å². The predicted octanol–water partition coefficient (Wildman–Crippen LogP) is 3.46. The number of amides is 1. The Balaban J connectivity index is 1.73. The SMILES string of the molecule is CC(C)C[C@H](CC(=O)CNC(=O)c1cc(Cl)ccc1Cl)[B-]12OC[C@@H](C)[N+]1(C)CC(=O)O2. The van der Waals surface area contributed by atoms with Gasteiger partial charge in [0.1, 0.15) is 12.3 Å². The van der Waals surface area contributed by atoms with Crippen LogP contribution in [0.3, 0.4) is 0 Å². The standard InChI is InChI=1S/C21H29BCl2N2O5/c1-13(2)7-15(22-26(4,11-20(28)31-22)14(3)12-30-22)8-17(27)10-25-21(29)18-9-16(23)5-6-19(18)24/h5-6,9,13-15H,7-8,10-12H2,1-4H3,(H,25,29)/t14-,15-,22?,26?/m1/s1. The first-order valence-electron chi connectivity index (χ1n) is 10.6. The number of hydrogen-bond acceptors (Lipinski definition) is 5. The van der Waals surface area contributed by atoms with Gasteiger partial charge in [-0.15, -0.1) is 0 Å². The van der Waals surface area contributed by atoms with Gasteiger partial charge in [0, 0.05) is 12.1 Å². The number of quaternary nitrogens is 1. The summed E-state index contributed by atoms with van der Waals surface area (Å²) >= 11 is 12.0. The zero-order valence-corrected chi connectivity index (χ0v) is 19.8. The Labute approximate surface area is 192 Å². The smallest absolute Gasteiger partial charge is 0.531 e. The maximum absolute atomic E-state index is 12.9. The van der Waals surface area contributed by atoms with Crippen LogP contribution in [0.15, 0.2) is 18.2 Å². The van der Waals surface area contributed by atoms with Gasteiger partial charge in [0.2, 0.25) is 0 Å². The molecule has 2 aliphatic heterocycles. The third-order valence-corrected chi connectivity index (χ3v) is 7.22. The molecule has 0 saturated carbocycles. The Morgan fingerprint density at radius 1 is 1.32 bits per heavy atom. The monoisotopic (exact) mass is 470 g/mol. The third-order valence-electron chi connectivity index (χ3n) is 6.65. The van der Waals surface area contributed by atoms with Gasteiger partial charge in [0.25, 0.3) is 5.91 Å². The Kier molecular flexibility index (Phi) is 7.06. The summed E-state index contributed by atoms with van der Waals surface area (Å²) in [6.07, 6.45) is 0.823. The van der Waals surface area contributed by atoms with Gasteiger partial charge in [0.05, 0.1) is 29.8 Å².